The van der Waals surface area contributed by atoms with Crippen molar-refractivity contribution in [3.63, 3.8) is 0 Å². The van der Waals surface area contributed by atoms with Gasteiger partial charge in [0, 0.05) is 0 Å². The second-order valence-electron chi connectivity index (χ2n) is 9.34. The minimum Gasteiger partial charge on any atom is -0.457 e. The van der Waals surface area contributed by atoms with Crippen LogP contribution in [-0.2, 0) is 19.1 Å². The molecule has 0 amide bonds. The lowest BCUT2D eigenvalue weighted by Crippen LogP contribution is -2.36. The average molecular weight is 344 g/mol. The van der Waals surface area contributed by atoms with Gasteiger partial charge in [-0.3, -0.25) is 4.79 Å². The molecule has 0 spiro atoms. The van der Waals surface area contributed by atoms with E-state index in [1.807, 2.05) is 6.92 Å². The third-order valence-electron chi connectivity index (χ3n) is 7.93. The smallest absolute Gasteiger partial charge is 0.344 e. The molecule has 5 aliphatic carbocycles. The molecular weight excluding hydrogens is 316 g/mol. The van der Waals surface area contributed by atoms with Crippen LogP contribution >= 0.6 is 0 Å². The quantitative estimate of drug-likeness (QED) is 0.445. The van der Waals surface area contributed by atoms with E-state index in [1.165, 1.54) is 12.8 Å². The van der Waals surface area contributed by atoms with E-state index in [4.69, 9.17) is 9.47 Å². The van der Waals surface area contributed by atoms with E-state index in [0.29, 0.717) is 23.7 Å². The van der Waals surface area contributed by atoms with Crippen molar-refractivity contribution in [2.24, 2.45) is 41.4 Å². The molecule has 5 aliphatic rings. The Morgan fingerprint density at radius 3 is 2.52 bits per heavy atom. The number of rotatable bonds is 4. The molecule has 0 radical (unpaired) electrons. The normalized spacial score (nSPS) is 44.9. The molecule has 0 aromatic carbocycles. The zero-order valence-corrected chi connectivity index (χ0v) is 15.0. The van der Waals surface area contributed by atoms with E-state index in [2.05, 4.69) is 12.2 Å². The summed E-state index contributed by atoms with van der Waals surface area (Å²) in [5.74, 6) is 3.59. The summed E-state index contributed by atoms with van der Waals surface area (Å²) in [4.78, 5) is 24.7. The number of fused-ring (bicyclic) bond motifs is 9. The monoisotopic (exact) mass is 344 g/mol. The number of carbonyl (C=O) groups is 2. The van der Waals surface area contributed by atoms with Gasteiger partial charge < -0.3 is 9.47 Å². The second-order valence-corrected chi connectivity index (χ2v) is 9.34. The van der Waals surface area contributed by atoms with Gasteiger partial charge in [0.15, 0.2) is 6.61 Å². The minimum atomic E-state index is -0.387. The van der Waals surface area contributed by atoms with Crippen molar-refractivity contribution < 1.29 is 19.1 Å². The molecule has 7 atom stereocenters. The van der Waals surface area contributed by atoms with Gasteiger partial charge in [-0.1, -0.05) is 12.2 Å². The molecule has 0 N–H and O–H groups in total. The van der Waals surface area contributed by atoms with Crippen molar-refractivity contribution in [1.82, 2.24) is 0 Å². The third-order valence-corrected chi connectivity index (χ3v) is 7.93. The van der Waals surface area contributed by atoms with Crippen LogP contribution in [0, 0.1) is 41.4 Å². The first kappa shape index (κ1) is 15.9. The van der Waals surface area contributed by atoms with E-state index >= 15 is 0 Å². The van der Waals surface area contributed by atoms with Crippen LogP contribution in [0.2, 0.25) is 0 Å². The van der Waals surface area contributed by atoms with Crippen LogP contribution in [0.15, 0.2) is 12.2 Å². The van der Waals surface area contributed by atoms with E-state index in [1.54, 1.807) is 0 Å². The zero-order valence-electron chi connectivity index (χ0n) is 15.0. The van der Waals surface area contributed by atoms with Gasteiger partial charge in [-0.2, -0.15) is 0 Å². The molecule has 25 heavy (non-hydrogen) atoms. The Labute approximate surface area is 149 Å². The van der Waals surface area contributed by atoms with Crippen LogP contribution in [-0.4, -0.2) is 24.1 Å². The predicted octanol–water partition coefficient (Wildman–Crippen LogP) is 3.50. The molecule has 0 saturated heterocycles. The molecule has 5 rings (SSSR count). The zero-order chi connectivity index (χ0) is 17.2. The van der Waals surface area contributed by atoms with Gasteiger partial charge in [-0.25, -0.2) is 4.79 Å². The molecule has 136 valence electrons. The highest BCUT2D eigenvalue weighted by molar-refractivity contribution is 5.78. The summed E-state index contributed by atoms with van der Waals surface area (Å²) in [7, 11) is 0. The fourth-order valence-corrected chi connectivity index (χ4v) is 7.05. The molecule has 0 aromatic heterocycles. The lowest BCUT2D eigenvalue weighted by Gasteiger charge is -2.35. The van der Waals surface area contributed by atoms with Gasteiger partial charge >= 0.3 is 11.9 Å². The Bertz CT molecular complexity index is 617. The summed E-state index contributed by atoms with van der Waals surface area (Å²) in [5.41, 5.74) is -0.349. The van der Waals surface area contributed by atoms with Crippen LogP contribution in [0.4, 0.5) is 0 Å². The number of hydrogen-bond acceptors (Lipinski definition) is 4. The topological polar surface area (TPSA) is 52.6 Å². The SMILES string of the molecule is CC1(OC(=O)COC(=O)C2CC3CC2C2C4C=CC(C4)C32)CCCC1. The van der Waals surface area contributed by atoms with Crippen LogP contribution in [0.1, 0.15) is 51.9 Å². The summed E-state index contributed by atoms with van der Waals surface area (Å²) < 4.78 is 11.0. The molecule has 4 fully saturated rings. The minimum absolute atomic E-state index is 0.00821. The molecule has 4 bridgehead atoms. The summed E-state index contributed by atoms with van der Waals surface area (Å²) in [6.45, 7) is 1.76. The Hall–Kier alpha value is -1.32. The van der Waals surface area contributed by atoms with Gasteiger partial charge in [0.05, 0.1) is 5.92 Å². The van der Waals surface area contributed by atoms with Crippen LogP contribution in [0.5, 0.6) is 0 Å². The van der Waals surface area contributed by atoms with Gasteiger partial charge in [0.25, 0.3) is 0 Å². The van der Waals surface area contributed by atoms with Gasteiger partial charge in [-0.15, -0.1) is 0 Å². The molecule has 0 heterocycles. The van der Waals surface area contributed by atoms with E-state index in [0.717, 1.165) is 43.9 Å². The Balaban J connectivity index is 1.16. The number of hydrogen-bond donors (Lipinski definition) is 0. The molecule has 0 aliphatic heterocycles. The number of ether oxygens (including phenoxy) is 2. The third kappa shape index (κ3) is 2.47. The maximum Gasteiger partial charge on any atom is 0.344 e. The van der Waals surface area contributed by atoms with Crippen molar-refractivity contribution >= 4 is 11.9 Å². The highest BCUT2D eigenvalue weighted by atomic mass is 16.6. The van der Waals surface area contributed by atoms with Crippen LogP contribution < -0.4 is 0 Å². The first-order chi connectivity index (χ1) is 12.0. The summed E-state index contributed by atoms with van der Waals surface area (Å²) in [5, 5.41) is 0. The number of esters is 2. The van der Waals surface area contributed by atoms with Gasteiger partial charge in [-0.05, 0) is 87.4 Å². The molecule has 4 nitrogen and oxygen atoms in total. The second kappa shape index (κ2) is 5.59. The maximum atomic E-state index is 12.6. The van der Waals surface area contributed by atoms with E-state index in [9.17, 15) is 9.59 Å². The van der Waals surface area contributed by atoms with Crippen molar-refractivity contribution in [3.8, 4) is 0 Å². The van der Waals surface area contributed by atoms with Crippen molar-refractivity contribution in [3.05, 3.63) is 12.2 Å². The van der Waals surface area contributed by atoms with E-state index < -0.39 is 0 Å². The highest BCUT2D eigenvalue weighted by Gasteiger charge is 2.62. The van der Waals surface area contributed by atoms with Crippen LogP contribution in [0.25, 0.3) is 0 Å². The van der Waals surface area contributed by atoms with Crippen molar-refractivity contribution in [2.75, 3.05) is 6.61 Å². The molecular formula is C21H28O4. The maximum absolute atomic E-state index is 12.6. The largest absolute Gasteiger partial charge is 0.457 e. The van der Waals surface area contributed by atoms with Crippen molar-refractivity contribution in [2.45, 2.75) is 57.5 Å². The first-order valence-electron chi connectivity index (χ1n) is 10.1. The first-order valence-corrected chi connectivity index (χ1v) is 10.1. The molecule has 7 unspecified atom stereocenters. The summed E-state index contributed by atoms with van der Waals surface area (Å²) in [6, 6.07) is 0. The Kier molecular flexibility index (Phi) is 3.55. The van der Waals surface area contributed by atoms with Crippen LogP contribution in [0.3, 0.4) is 0 Å². The fraction of sp³-hybridized carbons (Fsp3) is 0.810. The lowest BCUT2D eigenvalue weighted by atomic mass is 9.69. The Morgan fingerprint density at radius 1 is 1.04 bits per heavy atom. The van der Waals surface area contributed by atoms with E-state index in [-0.39, 0.29) is 30.1 Å². The molecule has 4 saturated carbocycles. The van der Waals surface area contributed by atoms with Crippen molar-refractivity contribution in [1.29, 1.82) is 0 Å². The Morgan fingerprint density at radius 2 is 1.76 bits per heavy atom. The standard InChI is InChI=1S/C21H28O4/c1-21(6-2-3-7-21)25-17(22)11-24-20(23)16-10-14-9-15(16)19-13-5-4-12(8-13)18(14)19/h4-5,12-16,18-19H,2-3,6-11H2,1H3. The van der Waals surface area contributed by atoms with Gasteiger partial charge in [0.1, 0.15) is 5.60 Å². The predicted molar refractivity (Wildman–Crippen MR) is 91.3 cm³/mol. The number of carbonyl (C=O) groups excluding carboxylic acids is 2. The number of allylic oxidation sites excluding steroid dienone is 2. The van der Waals surface area contributed by atoms with Gasteiger partial charge in [0.2, 0.25) is 0 Å². The summed E-state index contributed by atoms with van der Waals surface area (Å²) >= 11 is 0. The fourth-order valence-electron chi connectivity index (χ4n) is 7.05. The molecule has 0 aromatic rings. The molecule has 4 heteroatoms. The lowest BCUT2D eigenvalue weighted by molar-refractivity contribution is -0.171. The highest BCUT2D eigenvalue weighted by Crippen LogP contribution is 2.67. The average Bonchev–Trinajstić information content (AvgIpc) is 3.36. The summed E-state index contributed by atoms with van der Waals surface area (Å²) in [6.07, 6.45) is 12.3.